The third-order valence-electron chi connectivity index (χ3n) is 1.17. The van der Waals surface area contributed by atoms with Gasteiger partial charge in [-0.25, -0.2) is 0 Å². The van der Waals surface area contributed by atoms with Crippen molar-refractivity contribution in [3.8, 4) is 11.8 Å². The van der Waals surface area contributed by atoms with Gasteiger partial charge in [0.2, 0.25) is 0 Å². The van der Waals surface area contributed by atoms with Crippen LogP contribution in [0.1, 0.15) is 6.92 Å². The first kappa shape index (κ1) is 10.4. The van der Waals surface area contributed by atoms with Crippen LogP contribution in [0, 0.1) is 11.8 Å². The number of carbonyl (C=O) groups is 2. The topological polar surface area (TPSA) is 37.4 Å². The molecular weight excluding hydrogens is 154 g/mol. The molecule has 0 aliphatic carbocycles. The first-order valence-corrected chi connectivity index (χ1v) is 3.50. The Morgan fingerprint density at radius 1 is 1.58 bits per heavy atom. The highest BCUT2D eigenvalue weighted by atomic mass is 16.2. The molecule has 0 saturated carbocycles. The van der Waals surface area contributed by atoms with Crippen molar-refractivity contribution in [2.45, 2.75) is 6.92 Å². The van der Waals surface area contributed by atoms with Gasteiger partial charge in [-0.2, -0.15) is 0 Å². The second-order valence-electron chi connectivity index (χ2n) is 2.12. The van der Waals surface area contributed by atoms with Crippen molar-refractivity contribution in [2.24, 2.45) is 0 Å². The summed E-state index contributed by atoms with van der Waals surface area (Å²) in [6.45, 7) is 2.01. The molecule has 0 aromatic rings. The maximum atomic E-state index is 11.0. The number of aldehydes is 1. The lowest BCUT2D eigenvalue weighted by Gasteiger charge is -2.09. The van der Waals surface area contributed by atoms with Gasteiger partial charge in [0.15, 0.2) is 0 Å². The highest BCUT2D eigenvalue weighted by Crippen LogP contribution is 1.83. The Labute approximate surface area is 72.1 Å². The zero-order chi connectivity index (χ0) is 9.40. The van der Waals surface area contributed by atoms with E-state index in [4.69, 9.17) is 0 Å². The molecule has 0 spiro atoms. The largest absolute Gasteiger partial charge is 0.331 e. The first-order valence-electron chi connectivity index (χ1n) is 3.50. The quantitative estimate of drug-likeness (QED) is 0.341. The lowest BCUT2D eigenvalue weighted by molar-refractivity contribution is -0.123. The Balaban J connectivity index is 3.92. The molecule has 0 saturated heterocycles. The molecule has 0 heterocycles. The van der Waals surface area contributed by atoms with Crippen molar-refractivity contribution < 1.29 is 9.59 Å². The summed E-state index contributed by atoms with van der Waals surface area (Å²) in [5.74, 6) is 4.65. The number of carbonyl (C=O) groups excluding carboxylic acids is 2. The van der Waals surface area contributed by atoms with E-state index in [1.165, 1.54) is 11.0 Å². The minimum absolute atomic E-state index is 0.243. The van der Waals surface area contributed by atoms with Crippen molar-refractivity contribution in [1.82, 2.24) is 4.90 Å². The van der Waals surface area contributed by atoms with Gasteiger partial charge in [-0.05, 0) is 18.9 Å². The normalized spacial score (nSPS) is 8.83. The van der Waals surface area contributed by atoms with Gasteiger partial charge in [0.25, 0.3) is 5.91 Å². The Bertz CT molecular complexity index is 245. The SMILES string of the molecule is CC#CC(=O)N(C)C/C=C/C=O. The predicted molar refractivity (Wildman–Crippen MR) is 46.3 cm³/mol. The summed E-state index contributed by atoms with van der Waals surface area (Å²) in [7, 11) is 1.63. The highest BCUT2D eigenvalue weighted by Gasteiger charge is 2.00. The van der Waals surface area contributed by atoms with E-state index in [9.17, 15) is 9.59 Å². The number of nitrogens with zero attached hydrogens (tertiary/aromatic N) is 1. The van der Waals surface area contributed by atoms with Gasteiger partial charge in [0, 0.05) is 13.6 Å². The van der Waals surface area contributed by atoms with Gasteiger partial charge in [0.1, 0.15) is 6.29 Å². The summed E-state index contributed by atoms with van der Waals surface area (Å²) in [5.41, 5.74) is 0. The maximum Gasteiger partial charge on any atom is 0.298 e. The fraction of sp³-hybridized carbons (Fsp3) is 0.333. The molecule has 0 fully saturated rings. The van der Waals surface area contributed by atoms with Crippen LogP contribution in [0.4, 0.5) is 0 Å². The number of likely N-dealkylation sites (N-methyl/N-ethyl adjacent to an activating group) is 1. The summed E-state index contributed by atoms with van der Waals surface area (Å²) >= 11 is 0. The predicted octanol–water partition coefficient (Wildman–Crippen LogP) is 0.223. The zero-order valence-corrected chi connectivity index (χ0v) is 7.20. The second kappa shape index (κ2) is 6.17. The van der Waals surface area contributed by atoms with Crippen LogP contribution in [0.15, 0.2) is 12.2 Å². The lowest BCUT2D eigenvalue weighted by Crippen LogP contribution is -2.25. The van der Waals surface area contributed by atoms with Crippen LogP contribution in [-0.4, -0.2) is 30.7 Å². The van der Waals surface area contributed by atoms with Crippen molar-refractivity contribution in [3.63, 3.8) is 0 Å². The highest BCUT2D eigenvalue weighted by molar-refractivity contribution is 5.93. The van der Waals surface area contributed by atoms with Gasteiger partial charge in [-0.3, -0.25) is 9.59 Å². The van der Waals surface area contributed by atoms with Gasteiger partial charge in [-0.15, -0.1) is 0 Å². The third kappa shape index (κ3) is 4.29. The number of allylic oxidation sites excluding steroid dienone is 1. The van der Waals surface area contributed by atoms with E-state index in [0.29, 0.717) is 12.8 Å². The molecule has 0 N–H and O–H groups in total. The van der Waals surface area contributed by atoms with Crippen molar-refractivity contribution in [3.05, 3.63) is 12.2 Å². The van der Waals surface area contributed by atoms with E-state index < -0.39 is 0 Å². The van der Waals surface area contributed by atoms with Gasteiger partial charge < -0.3 is 4.90 Å². The first-order chi connectivity index (χ1) is 5.72. The molecular formula is C9H11NO2. The van der Waals surface area contributed by atoms with Crippen LogP contribution in [0.5, 0.6) is 0 Å². The summed E-state index contributed by atoms with van der Waals surface area (Å²) in [6, 6.07) is 0. The minimum Gasteiger partial charge on any atom is -0.331 e. The average Bonchev–Trinajstić information content (AvgIpc) is 2.05. The molecule has 12 heavy (non-hydrogen) atoms. The van der Waals surface area contributed by atoms with E-state index in [-0.39, 0.29) is 5.91 Å². The molecule has 64 valence electrons. The summed E-state index contributed by atoms with van der Waals surface area (Å²) < 4.78 is 0. The zero-order valence-electron chi connectivity index (χ0n) is 7.20. The molecule has 3 heteroatoms. The lowest BCUT2D eigenvalue weighted by atomic mass is 10.4. The van der Waals surface area contributed by atoms with Gasteiger partial charge in [-0.1, -0.05) is 12.0 Å². The molecule has 0 aromatic carbocycles. The van der Waals surface area contributed by atoms with E-state index in [1.54, 1.807) is 20.0 Å². The fourth-order valence-corrected chi connectivity index (χ4v) is 0.560. The number of hydrogen-bond acceptors (Lipinski definition) is 2. The smallest absolute Gasteiger partial charge is 0.298 e. The molecule has 0 atom stereocenters. The maximum absolute atomic E-state index is 11.0. The summed E-state index contributed by atoms with van der Waals surface area (Å²) in [6.07, 6.45) is 3.62. The number of rotatable bonds is 3. The van der Waals surface area contributed by atoms with E-state index in [2.05, 4.69) is 11.8 Å². The van der Waals surface area contributed by atoms with Crippen molar-refractivity contribution in [2.75, 3.05) is 13.6 Å². The summed E-state index contributed by atoms with van der Waals surface area (Å²) in [5, 5.41) is 0. The Kier molecular flexibility index (Phi) is 5.37. The Morgan fingerprint density at radius 2 is 2.25 bits per heavy atom. The fourth-order valence-electron chi connectivity index (χ4n) is 0.560. The van der Waals surface area contributed by atoms with Crippen LogP contribution >= 0.6 is 0 Å². The Morgan fingerprint density at radius 3 is 2.75 bits per heavy atom. The monoisotopic (exact) mass is 165 g/mol. The average molecular weight is 165 g/mol. The van der Waals surface area contributed by atoms with Crippen LogP contribution in [0.2, 0.25) is 0 Å². The van der Waals surface area contributed by atoms with Crippen LogP contribution < -0.4 is 0 Å². The van der Waals surface area contributed by atoms with Crippen molar-refractivity contribution in [1.29, 1.82) is 0 Å². The van der Waals surface area contributed by atoms with Crippen LogP contribution in [0.25, 0.3) is 0 Å². The van der Waals surface area contributed by atoms with E-state index in [1.807, 2.05) is 0 Å². The molecule has 0 rings (SSSR count). The molecule has 0 bridgehead atoms. The second-order valence-corrected chi connectivity index (χ2v) is 2.12. The van der Waals surface area contributed by atoms with Gasteiger partial charge in [0.05, 0.1) is 0 Å². The van der Waals surface area contributed by atoms with Gasteiger partial charge >= 0.3 is 0 Å². The van der Waals surface area contributed by atoms with Crippen LogP contribution in [-0.2, 0) is 9.59 Å². The van der Waals surface area contributed by atoms with Crippen LogP contribution in [0.3, 0.4) is 0 Å². The molecule has 0 radical (unpaired) electrons. The Hall–Kier alpha value is -1.56. The minimum atomic E-state index is -0.243. The standard InChI is InChI=1S/C9H11NO2/c1-3-6-9(12)10(2)7-4-5-8-11/h4-5,8H,7H2,1-2H3/b5-4+. The van der Waals surface area contributed by atoms with Crippen molar-refractivity contribution >= 4 is 12.2 Å². The molecule has 0 aromatic heterocycles. The number of hydrogen-bond donors (Lipinski definition) is 0. The van der Waals surface area contributed by atoms with E-state index in [0.717, 1.165) is 0 Å². The summed E-state index contributed by atoms with van der Waals surface area (Å²) in [4.78, 5) is 22.3. The molecule has 0 aliphatic heterocycles. The molecule has 0 aliphatic rings. The molecule has 0 unspecified atom stereocenters. The number of amides is 1. The molecule has 3 nitrogen and oxygen atoms in total. The van der Waals surface area contributed by atoms with E-state index >= 15 is 0 Å². The molecule has 1 amide bonds. The third-order valence-corrected chi connectivity index (χ3v) is 1.17.